The molecule has 142 valence electrons. The van der Waals surface area contributed by atoms with Gasteiger partial charge in [-0.05, 0) is 43.0 Å². The van der Waals surface area contributed by atoms with Gasteiger partial charge in [0.2, 0.25) is 0 Å². The van der Waals surface area contributed by atoms with Gasteiger partial charge in [0.1, 0.15) is 0 Å². The monoisotopic (exact) mass is 365 g/mol. The number of carbonyl (C=O) groups is 2. The Balaban J connectivity index is 1.64. The van der Waals surface area contributed by atoms with Gasteiger partial charge in [0.25, 0.3) is 5.91 Å². The smallest absolute Gasteiger partial charge is 0.317 e. The van der Waals surface area contributed by atoms with Crippen LogP contribution in [-0.2, 0) is 6.54 Å². The highest BCUT2D eigenvalue weighted by Gasteiger charge is 2.24. The minimum Gasteiger partial charge on any atom is -0.348 e. The van der Waals surface area contributed by atoms with E-state index in [2.05, 4.69) is 16.7 Å². The molecule has 2 aromatic rings. The van der Waals surface area contributed by atoms with Crippen molar-refractivity contribution >= 4 is 11.9 Å². The van der Waals surface area contributed by atoms with Crippen LogP contribution in [0.4, 0.5) is 4.79 Å². The Morgan fingerprint density at radius 1 is 1.15 bits per heavy atom. The normalized spacial score (nSPS) is 16.7. The molecule has 3 amide bonds. The maximum atomic E-state index is 12.6. The second kappa shape index (κ2) is 8.71. The molecule has 0 unspecified atom stereocenters. The zero-order chi connectivity index (χ0) is 19.2. The van der Waals surface area contributed by atoms with Crippen molar-refractivity contribution in [2.24, 2.45) is 0 Å². The number of carbonyl (C=O) groups excluding carboxylic acids is 2. The number of aryl methyl sites for hydroxylation is 1. The minimum absolute atomic E-state index is 0.0355. The predicted molar refractivity (Wildman–Crippen MR) is 107 cm³/mol. The Morgan fingerprint density at radius 3 is 2.67 bits per heavy atom. The summed E-state index contributed by atoms with van der Waals surface area (Å²) in [6.45, 7) is 4.03. The van der Waals surface area contributed by atoms with Crippen LogP contribution in [0.2, 0.25) is 0 Å². The quantitative estimate of drug-likeness (QED) is 0.872. The van der Waals surface area contributed by atoms with E-state index in [0.717, 1.165) is 30.5 Å². The van der Waals surface area contributed by atoms with E-state index in [-0.39, 0.29) is 17.9 Å². The maximum Gasteiger partial charge on any atom is 0.317 e. The Bertz CT molecular complexity index is 801. The third-order valence-corrected chi connectivity index (χ3v) is 5.12. The summed E-state index contributed by atoms with van der Waals surface area (Å²) in [6, 6.07) is 15.9. The summed E-state index contributed by atoms with van der Waals surface area (Å²) in [5.74, 6) is 0.192. The molecule has 27 heavy (non-hydrogen) atoms. The molecule has 1 fully saturated rings. The molecule has 3 rings (SSSR count). The predicted octanol–water partition coefficient (Wildman–Crippen LogP) is 3.44. The van der Waals surface area contributed by atoms with Crippen LogP contribution in [0.15, 0.2) is 48.5 Å². The molecule has 1 saturated heterocycles. The lowest BCUT2D eigenvalue weighted by atomic mass is 9.89. The van der Waals surface area contributed by atoms with Crippen molar-refractivity contribution in [3.8, 4) is 0 Å². The first-order chi connectivity index (χ1) is 13.1. The van der Waals surface area contributed by atoms with Crippen molar-refractivity contribution in [1.82, 2.24) is 15.5 Å². The SMILES string of the molecule is CNC(=O)N1CCC[C@@H](c2cccc(C(=O)NCc3ccc(C)cc3)c2)C1. The molecule has 5 heteroatoms. The Kier molecular flexibility index (Phi) is 6.12. The van der Waals surface area contributed by atoms with Gasteiger partial charge in [0.15, 0.2) is 0 Å². The topological polar surface area (TPSA) is 61.4 Å². The summed E-state index contributed by atoms with van der Waals surface area (Å²) in [7, 11) is 1.66. The molecular formula is C22H27N3O2. The molecule has 1 heterocycles. The first-order valence-electron chi connectivity index (χ1n) is 9.47. The molecule has 1 aliphatic rings. The number of piperidine rings is 1. The van der Waals surface area contributed by atoms with E-state index in [1.165, 1.54) is 5.56 Å². The third-order valence-electron chi connectivity index (χ3n) is 5.12. The van der Waals surface area contributed by atoms with Gasteiger partial charge in [0, 0.05) is 38.2 Å². The second-order valence-corrected chi connectivity index (χ2v) is 7.13. The minimum atomic E-state index is -0.0728. The molecule has 0 saturated carbocycles. The van der Waals surface area contributed by atoms with E-state index in [1.54, 1.807) is 7.05 Å². The zero-order valence-electron chi connectivity index (χ0n) is 16.0. The molecular weight excluding hydrogens is 338 g/mol. The zero-order valence-corrected chi connectivity index (χ0v) is 16.0. The van der Waals surface area contributed by atoms with Crippen LogP contribution in [0.25, 0.3) is 0 Å². The lowest BCUT2D eigenvalue weighted by Crippen LogP contribution is -2.43. The van der Waals surface area contributed by atoms with Gasteiger partial charge in [-0.2, -0.15) is 0 Å². The Labute approximate surface area is 160 Å². The third kappa shape index (κ3) is 4.88. The van der Waals surface area contributed by atoms with Gasteiger partial charge < -0.3 is 15.5 Å². The van der Waals surface area contributed by atoms with Crippen molar-refractivity contribution in [2.45, 2.75) is 32.2 Å². The lowest BCUT2D eigenvalue weighted by molar-refractivity contribution is 0.0950. The van der Waals surface area contributed by atoms with E-state index < -0.39 is 0 Å². The highest BCUT2D eigenvalue weighted by Crippen LogP contribution is 2.27. The van der Waals surface area contributed by atoms with Gasteiger partial charge in [-0.1, -0.05) is 42.0 Å². The van der Waals surface area contributed by atoms with Gasteiger partial charge in [-0.15, -0.1) is 0 Å². The molecule has 0 aromatic heterocycles. The molecule has 5 nitrogen and oxygen atoms in total. The molecule has 1 aliphatic heterocycles. The van der Waals surface area contributed by atoms with Crippen LogP contribution in [0, 0.1) is 6.92 Å². The Hall–Kier alpha value is -2.82. The van der Waals surface area contributed by atoms with E-state index >= 15 is 0 Å². The number of hydrogen-bond donors (Lipinski definition) is 2. The van der Waals surface area contributed by atoms with Crippen molar-refractivity contribution in [3.63, 3.8) is 0 Å². The standard InChI is InChI=1S/C22H27N3O2/c1-16-8-10-17(11-9-16)14-24-21(26)19-6-3-5-18(13-19)20-7-4-12-25(15-20)22(27)23-2/h3,5-6,8-11,13,20H,4,7,12,14-15H2,1-2H3,(H,23,27)(H,24,26)/t20-/m1/s1. The molecule has 0 spiro atoms. The van der Waals surface area contributed by atoms with Crippen LogP contribution in [0.3, 0.4) is 0 Å². The number of hydrogen-bond acceptors (Lipinski definition) is 2. The van der Waals surface area contributed by atoms with E-state index in [4.69, 9.17) is 0 Å². The van der Waals surface area contributed by atoms with Crippen LogP contribution < -0.4 is 10.6 Å². The van der Waals surface area contributed by atoms with Crippen molar-refractivity contribution < 1.29 is 9.59 Å². The summed E-state index contributed by atoms with van der Waals surface area (Å²) < 4.78 is 0. The molecule has 2 aromatic carbocycles. The number of amides is 3. The van der Waals surface area contributed by atoms with Crippen LogP contribution in [-0.4, -0.2) is 37.0 Å². The van der Waals surface area contributed by atoms with E-state index in [9.17, 15) is 9.59 Å². The molecule has 1 atom stereocenters. The molecule has 0 radical (unpaired) electrons. The van der Waals surface area contributed by atoms with Gasteiger partial charge >= 0.3 is 6.03 Å². The number of benzene rings is 2. The fourth-order valence-corrected chi connectivity index (χ4v) is 3.52. The number of rotatable bonds is 4. The summed E-state index contributed by atoms with van der Waals surface area (Å²) in [4.78, 5) is 26.3. The van der Waals surface area contributed by atoms with E-state index in [0.29, 0.717) is 18.7 Å². The van der Waals surface area contributed by atoms with Gasteiger partial charge in [0.05, 0.1) is 0 Å². The number of nitrogens with one attached hydrogen (secondary N) is 2. The fraction of sp³-hybridized carbons (Fsp3) is 0.364. The average Bonchev–Trinajstić information content (AvgIpc) is 2.72. The average molecular weight is 365 g/mol. The second-order valence-electron chi connectivity index (χ2n) is 7.13. The molecule has 0 bridgehead atoms. The number of likely N-dealkylation sites (tertiary alicyclic amines) is 1. The van der Waals surface area contributed by atoms with Crippen molar-refractivity contribution in [3.05, 3.63) is 70.8 Å². The van der Waals surface area contributed by atoms with Crippen LogP contribution in [0.5, 0.6) is 0 Å². The van der Waals surface area contributed by atoms with Crippen LogP contribution >= 0.6 is 0 Å². The lowest BCUT2D eigenvalue weighted by Gasteiger charge is -2.32. The highest BCUT2D eigenvalue weighted by atomic mass is 16.2. The largest absolute Gasteiger partial charge is 0.348 e. The first-order valence-corrected chi connectivity index (χ1v) is 9.47. The Morgan fingerprint density at radius 2 is 1.93 bits per heavy atom. The summed E-state index contributed by atoms with van der Waals surface area (Å²) in [5, 5.41) is 5.68. The molecule has 2 N–H and O–H groups in total. The number of nitrogens with zero attached hydrogens (tertiary/aromatic N) is 1. The summed E-state index contributed by atoms with van der Waals surface area (Å²) >= 11 is 0. The summed E-state index contributed by atoms with van der Waals surface area (Å²) in [6.07, 6.45) is 2.00. The maximum absolute atomic E-state index is 12.6. The number of urea groups is 1. The van der Waals surface area contributed by atoms with Gasteiger partial charge in [-0.3, -0.25) is 4.79 Å². The van der Waals surface area contributed by atoms with Crippen molar-refractivity contribution in [1.29, 1.82) is 0 Å². The van der Waals surface area contributed by atoms with Gasteiger partial charge in [-0.25, -0.2) is 4.79 Å². The summed E-state index contributed by atoms with van der Waals surface area (Å²) in [5.41, 5.74) is 4.07. The first kappa shape index (κ1) is 19.0. The molecule has 0 aliphatic carbocycles. The van der Waals surface area contributed by atoms with Crippen LogP contribution in [0.1, 0.15) is 45.8 Å². The fourth-order valence-electron chi connectivity index (χ4n) is 3.52. The van der Waals surface area contributed by atoms with Crippen molar-refractivity contribution in [2.75, 3.05) is 20.1 Å². The van der Waals surface area contributed by atoms with E-state index in [1.807, 2.05) is 54.3 Å². The highest BCUT2D eigenvalue weighted by molar-refractivity contribution is 5.94.